The Morgan fingerprint density at radius 1 is 1.38 bits per heavy atom. The lowest BCUT2D eigenvalue weighted by Gasteiger charge is -2.21. The van der Waals surface area contributed by atoms with E-state index in [1.165, 1.54) is 0 Å². The summed E-state index contributed by atoms with van der Waals surface area (Å²) in [5.74, 6) is 0.526. The molecule has 0 saturated carbocycles. The van der Waals surface area contributed by atoms with Crippen molar-refractivity contribution in [3.63, 3.8) is 0 Å². The summed E-state index contributed by atoms with van der Waals surface area (Å²) < 4.78 is 5.10. The SMILES string of the molecule is CCCCNC(=O)CNC(COC)C(C)C. The van der Waals surface area contributed by atoms with Gasteiger partial charge < -0.3 is 15.4 Å². The molecule has 2 N–H and O–H groups in total. The van der Waals surface area contributed by atoms with E-state index in [4.69, 9.17) is 4.74 Å². The van der Waals surface area contributed by atoms with Crippen molar-refractivity contribution in [2.75, 3.05) is 26.8 Å². The molecule has 0 aliphatic carbocycles. The minimum absolute atomic E-state index is 0.0650. The lowest BCUT2D eigenvalue weighted by atomic mass is 10.1. The van der Waals surface area contributed by atoms with Gasteiger partial charge in [0, 0.05) is 19.7 Å². The lowest BCUT2D eigenvalue weighted by molar-refractivity contribution is -0.120. The minimum Gasteiger partial charge on any atom is -0.383 e. The molecule has 0 radical (unpaired) electrons. The summed E-state index contributed by atoms with van der Waals surface area (Å²) in [5, 5.41) is 6.09. The van der Waals surface area contributed by atoms with Crippen LogP contribution in [0.1, 0.15) is 33.6 Å². The van der Waals surface area contributed by atoms with E-state index >= 15 is 0 Å². The van der Waals surface area contributed by atoms with Crippen molar-refractivity contribution in [1.29, 1.82) is 0 Å². The van der Waals surface area contributed by atoms with Crippen LogP contribution >= 0.6 is 0 Å². The van der Waals surface area contributed by atoms with Gasteiger partial charge in [-0.2, -0.15) is 0 Å². The third-order valence-corrected chi connectivity index (χ3v) is 2.53. The molecule has 16 heavy (non-hydrogen) atoms. The number of ether oxygens (including phenoxy) is 1. The van der Waals surface area contributed by atoms with Crippen LogP contribution in [0.4, 0.5) is 0 Å². The third-order valence-electron chi connectivity index (χ3n) is 2.53. The predicted molar refractivity (Wildman–Crippen MR) is 66.4 cm³/mol. The van der Waals surface area contributed by atoms with Crippen LogP contribution in [-0.2, 0) is 9.53 Å². The fraction of sp³-hybridized carbons (Fsp3) is 0.917. The molecule has 4 nitrogen and oxygen atoms in total. The maximum atomic E-state index is 11.4. The van der Waals surface area contributed by atoms with Crippen LogP contribution in [0.15, 0.2) is 0 Å². The molecule has 0 aromatic carbocycles. The Morgan fingerprint density at radius 3 is 2.56 bits per heavy atom. The van der Waals surface area contributed by atoms with Crippen molar-refractivity contribution in [2.45, 2.75) is 39.7 Å². The molecule has 4 heteroatoms. The van der Waals surface area contributed by atoms with Crippen LogP contribution in [0.2, 0.25) is 0 Å². The van der Waals surface area contributed by atoms with Gasteiger partial charge in [-0.25, -0.2) is 0 Å². The maximum absolute atomic E-state index is 11.4. The second-order valence-electron chi connectivity index (χ2n) is 4.39. The smallest absolute Gasteiger partial charge is 0.233 e. The normalized spacial score (nSPS) is 12.8. The highest BCUT2D eigenvalue weighted by Gasteiger charge is 2.13. The van der Waals surface area contributed by atoms with Crippen molar-refractivity contribution >= 4 is 5.91 Å². The number of nitrogens with one attached hydrogen (secondary N) is 2. The first kappa shape index (κ1) is 15.4. The number of unbranched alkanes of at least 4 members (excludes halogenated alkanes) is 1. The average Bonchev–Trinajstić information content (AvgIpc) is 2.24. The Morgan fingerprint density at radius 2 is 2.06 bits per heavy atom. The van der Waals surface area contributed by atoms with Crippen LogP contribution in [0.25, 0.3) is 0 Å². The van der Waals surface area contributed by atoms with Crippen LogP contribution in [0.5, 0.6) is 0 Å². The van der Waals surface area contributed by atoms with Gasteiger partial charge in [-0.1, -0.05) is 27.2 Å². The first-order chi connectivity index (χ1) is 7.61. The molecule has 0 bridgehead atoms. The molecule has 0 spiro atoms. The first-order valence-corrected chi connectivity index (χ1v) is 6.10. The summed E-state index contributed by atoms with van der Waals surface area (Å²) in [6.45, 7) is 8.12. The Hall–Kier alpha value is -0.610. The summed E-state index contributed by atoms with van der Waals surface area (Å²) in [6.07, 6.45) is 2.14. The monoisotopic (exact) mass is 230 g/mol. The molecule has 96 valence electrons. The molecule has 1 unspecified atom stereocenters. The zero-order valence-corrected chi connectivity index (χ0v) is 11.0. The van der Waals surface area contributed by atoms with Gasteiger partial charge in [-0.15, -0.1) is 0 Å². The van der Waals surface area contributed by atoms with E-state index in [-0.39, 0.29) is 11.9 Å². The second-order valence-corrected chi connectivity index (χ2v) is 4.39. The van der Waals surface area contributed by atoms with Gasteiger partial charge in [0.2, 0.25) is 5.91 Å². The van der Waals surface area contributed by atoms with Gasteiger partial charge in [0.15, 0.2) is 0 Å². The number of methoxy groups -OCH3 is 1. The van der Waals surface area contributed by atoms with Crippen molar-refractivity contribution in [1.82, 2.24) is 10.6 Å². The van der Waals surface area contributed by atoms with Crippen LogP contribution in [0.3, 0.4) is 0 Å². The van der Waals surface area contributed by atoms with Gasteiger partial charge >= 0.3 is 0 Å². The van der Waals surface area contributed by atoms with Crippen molar-refractivity contribution in [2.24, 2.45) is 5.92 Å². The van der Waals surface area contributed by atoms with Gasteiger partial charge in [0.1, 0.15) is 0 Å². The molecular formula is C12H26N2O2. The molecular weight excluding hydrogens is 204 g/mol. The quantitative estimate of drug-likeness (QED) is 0.584. The highest BCUT2D eigenvalue weighted by Crippen LogP contribution is 2.00. The molecule has 0 heterocycles. The summed E-state index contributed by atoms with van der Waals surface area (Å²) in [5.41, 5.74) is 0. The number of hydrogen-bond donors (Lipinski definition) is 2. The highest BCUT2D eigenvalue weighted by molar-refractivity contribution is 5.77. The molecule has 0 fully saturated rings. The van der Waals surface area contributed by atoms with E-state index in [1.807, 2.05) is 0 Å². The number of carbonyl (C=O) groups is 1. The fourth-order valence-electron chi connectivity index (χ4n) is 1.36. The van der Waals surface area contributed by atoms with E-state index in [2.05, 4.69) is 31.4 Å². The molecule has 0 rings (SSSR count). The molecule has 0 aromatic heterocycles. The van der Waals surface area contributed by atoms with Crippen molar-refractivity contribution in [3.05, 3.63) is 0 Å². The zero-order valence-electron chi connectivity index (χ0n) is 11.0. The molecule has 0 aliphatic heterocycles. The van der Waals surface area contributed by atoms with E-state index in [0.29, 0.717) is 19.1 Å². The van der Waals surface area contributed by atoms with Crippen LogP contribution < -0.4 is 10.6 Å². The van der Waals surface area contributed by atoms with Gasteiger partial charge in [0.05, 0.1) is 13.2 Å². The van der Waals surface area contributed by atoms with Gasteiger partial charge in [0.25, 0.3) is 0 Å². The summed E-state index contributed by atoms with van der Waals surface area (Å²) in [7, 11) is 1.68. The zero-order chi connectivity index (χ0) is 12.4. The fourth-order valence-corrected chi connectivity index (χ4v) is 1.36. The molecule has 0 saturated heterocycles. The number of amides is 1. The number of hydrogen-bond acceptors (Lipinski definition) is 3. The van der Waals surface area contributed by atoms with E-state index in [1.54, 1.807) is 7.11 Å². The number of carbonyl (C=O) groups excluding carboxylic acids is 1. The summed E-state index contributed by atoms with van der Waals surface area (Å²) >= 11 is 0. The number of rotatable bonds is 9. The third kappa shape index (κ3) is 7.65. The van der Waals surface area contributed by atoms with Crippen LogP contribution in [-0.4, -0.2) is 38.8 Å². The highest BCUT2D eigenvalue weighted by atomic mass is 16.5. The second kappa shape index (κ2) is 9.60. The standard InChI is InChI=1S/C12H26N2O2/c1-5-6-7-13-12(15)8-14-11(9-16-4)10(2)3/h10-11,14H,5-9H2,1-4H3,(H,13,15). The summed E-state index contributed by atoms with van der Waals surface area (Å²) in [4.78, 5) is 11.4. The predicted octanol–water partition coefficient (Wildman–Crippen LogP) is 1.16. The molecule has 0 aromatic rings. The van der Waals surface area contributed by atoms with E-state index < -0.39 is 0 Å². The molecule has 0 aliphatic rings. The Labute approximate surface area is 99.1 Å². The van der Waals surface area contributed by atoms with Crippen LogP contribution in [0, 0.1) is 5.92 Å². The van der Waals surface area contributed by atoms with E-state index in [9.17, 15) is 4.79 Å². The first-order valence-electron chi connectivity index (χ1n) is 6.10. The van der Waals surface area contributed by atoms with E-state index in [0.717, 1.165) is 19.4 Å². The Balaban J connectivity index is 3.69. The van der Waals surface area contributed by atoms with Crippen molar-refractivity contribution < 1.29 is 9.53 Å². The summed E-state index contributed by atoms with van der Waals surface area (Å²) in [6, 6.07) is 0.238. The largest absolute Gasteiger partial charge is 0.383 e. The topological polar surface area (TPSA) is 50.4 Å². The van der Waals surface area contributed by atoms with Crippen molar-refractivity contribution in [3.8, 4) is 0 Å². The minimum atomic E-state index is 0.0650. The Bertz CT molecular complexity index is 184. The average molecular weight is 230 g/mol. The lowest BCUT2D eigenvalue weighted by Crippen LogP contribution is -2.43. The molecule has 1 atom stereocenters. The van der Waals surface area contributed by atoms with Gasteiger partial charge in [-0.05, 0) is 12.3 Å². The maximum Gasteiger partial charge on any atom is 0.233 e. The Kier molecular flexibility index (Phi) is 9.24. The molecule has 1 amide bonds. The van der Waals surface area contributed by atoms with Gasteiger partial charge in [-0.3, -0.25) is 4.79 Å².